The summed E-state index contributed by atoms with van der Waals surface area (Å²) in [7, 11) is 4.46. The van der Waals surface area contributed by atoms with Crippen LogP contribution in [-0.4, -0.2) is 45.9 Å². The second-order valence-electron chi connectivity index (χ2n) is 2.47. The van der Waals surface area contributed by atoms with Crippen molar-refractivity contribution in [1.29, 1.82) is 0 Å². The number of rotatable bonds is 7. The molecule has 0 aromatic heterocycles. The summed E-state index contributed by atoms with van der Waals surface area (Å²) in [4.78, 5) is 10.6. The van der Waals surface area contributed by atoms with Gasteiger partial charge in [0.15, 0.2) is 6.29 Å². The highest BCUT2D eigenvalue weighted by atomic mass is 16.6. The van der Waals surface area contributed by atoms with Gasteiger partial charge in [0.2, 0.25) is 0 Å². The van der Waals surface area contributed by atoms with Crippen LogP contribution in [0.3, 0.4) is 0 Å². The van der Waals surface area contributed by atoms with E-state index < -0.39 is 12.2 Å². The quantitative estimate of drug-likeness (QED) is 0.429. The van der Waals surface area contributed by atoms with E-state index in [1.165, 1.54) is 21.3 Å². The van der Waals surface area contributed by atoms with Gasteiger partial charge < -0.3 is 19.0 Å². The van der Waals surface area contributed by atoms with Crippen molar-refractivity contribution in [3.05, 3.63) is 12.7 Å². The number of carbonyl (C=O) groups is 1. The first-order chi connectivity index (χ1) is 6.24. The smallest absolute Gasteiger partial charge is 0.151 e. The van der Waals surface area contributed by atoms with E-state index in [1.54, 1.807) is 6.08 Å². The summed E-state index contributed by atoms with van der Waals surface area (Å²) in [6.07, 6.45) is 0.825. The first kappa shape index (κ1) is 12.3. The highest BCUT2D eigenvalue weighted by Gasteiger charge is 2.27. The molecule has 0 saturated carbocycles. The third-order valence-corrected chi connectivity index (χ3v) is 1.83. The van der Waals surface area contributed by atoms with Crippen LogP contribution >= 0.6 is 0 Å². The lowest BCUT2D eigenvalue weighted by atomic mass is 10.1. The number of carbonyl (C=O) groups excluding carboxylic acids is 1. The maximum absolute atomic E-state index is 10.6. The highest BCUT2D eigenvalue weighted by molar-refractivity contribution is 5.57. The third kappa shape index (κ3) is 3.26. The Labute approximate surface area is 78.5 Å². The molecule has 0 aliphatic heterocycles. The molecule has 0 amide bonds. The number of hydrogen-bond acceptors (Lipinski definition) is 4. The SMILES string of the molecule is C=C[C@H](OC)[C@H](OC)[C@@H](C=O)OC. The van der Waals surface area contributed by atoms with Crippen LogP contribution in [0.4, 0.5) is 0 Å². The van der Waals surface area contributed by atoms with Crippen LogP contribution in [0.5, 0.6) is 0 Å². The topological polar surface area (TPSA) is 44.8 Å². The molecule has 4 heteroatoms. The molecule has 0 aromatic rings. The molecule has 0 bridgehead atoms. The van der Waals surface area contributed by atoms with Crippen molar-refractivity contribution in [2.75, 3.05) is 21.3 Å². The van der Waals surface area contributed by atoms with Crippen molar-refractivity contribution in [3.8, 4) is 0 Å². The van der Waals surface area contributed by atoms with Crippen LogP contribution in [0, 0.1) is 0 Å². The predicted molar refractivity (Wildman–Crippen MR) is 48.7 cm³/mol. The minimum atomic E-state index is -0.632. The van der Waals surface area contributed by atoms with Gasteiger partial charge in [0, 0.05) is 21.3 Å². The van der Waals surface area contributed by atoms with Crippen LogP contribution < -0.4 is 0 Å². The molecule has 76 valence electrons. The molecule has 0 saturated heterocycles. The number of methoxy groups -OCH3 is 3. The third-order valence-electron chi connectivity index (χ3n) is 1.83. The molecular weight excluding hydrogens is 172 g/mol. The molecule has 4 nitrogen and oxygen atoms in total. The average Bonchev–Trinajstić information content (AvgIpc) is 2.18. The van der Waals surface area contributed by atoms with Gasteiger partial charge in [-0.15, -0.1) is 6.58 Å². The molecule has 0 aromatic carbocycles. The zero-order valence-corrected chi connectivity index (χ0v) is 8.23. The zero-order valence-electron chi connectivity index (χ0n) is 8.23. The van der Waals surface area contributed by atoms with Gasteiger partial charge in [0.1, 0.15) is 18.3 Å². The number of aldehydes is 1. The molecule has 0 fully saturated rings. The van der Waals surface area contributed by atoms with Crippen molar-refractivity contribution in [3.63, 3.8) is 0 Å². The molecule has 0 rings (SSSR count). The van der Waals surface area contributed by atoms with Gasteiger partial charge in [-0.1, -0.05) is 6.08 Å². The minimum absolute atomic E-state index is 0.347. The summed E-state index contributed by atoms with van der Waals surface area (Å²) in [5.74, 6) is 0. The standard InChI is InChI=1S/C9H16O4/c1-5-7(11-2)9(13-4)8(6-10)12-3/h5-9H,1H2,2-4H3/t7-,8+,9-/m0/s1. The van der Waals surface area contributed by atoms with E-state index in [-0.39, 0.29) is 6.10 Å². The molecule has 0 aliphatic rings. The van der Waals surface area contributed by atoms with E-state index in [1.807, 2.05) is 0 Å². The van der Waals surface area contributed by atoms with Crippen LogP contribution in [0.25, 0.3) is 0 Å². The maximum Gasteiger partial charge on any atom is 0.151 e. The molecule has 3 atom stereocenters. The fourth-order valence-corrected chi connectivity index (χ4v) is 1.09. The first-order valence-electron chi connectivity index (χ1n) is 3.91. The lowest BCUT2D eigenvalue weighted by Crippen LogP contribution is -2.41. The molecule has 0 N–H and O–H groups in total. The van der Waals surface area contributed by atoms with Crippen LogP contribution in [-0.2, 0) is 19.0 Å². The maximum atomic E-state index is 10.6. The number of ether oxygens (including phenoxy) is 3. The molecule has 0 unspecified atom stereocenters. The van der Waals surface area contributed by atoms with Crippen molar-refractivity contribution < 1.29 is 19.0 Å². The Morgan fingerprint density at radius 3 is 1.85 bits per heavy atom. The summed E-state index contributed by atoms with van der Waals surface area (Å²) in [6.45, 7) is 3.58. The predicted octanol–water partition coefficient (Wildman–Crippen LogP) is 0.416. The largest absolute Gasteiger partial charge is 0.375 e. The minimum Gasteiger partial charge on any atom is -0.375 e. The zero-order chi connectivity index (χ0) is 10.3. The summed E-state index contributed by atoms with van der Waals surface area (Å²) >= 11 is 0. The highest BCUT2D eigenvalue weighted by Crippen LogP contribution is 2.09. The normalized spacial score (nSPS) is 17.5. The van der Waals surface area contributed by atoms with Gasteiger partial charge >= 0.3 is 0 Å². The Hall–Kier alpha value is -0.710. The van der Waals surface area contributed by atoms with E-state index in [0.717, 1.165) is 0 Å². The molecular formula is C9H16O4. The van der Waals surface area contributed by atoms with E-state index in [4.69, 9.17) is 14.2 Å². The molecule has 0 radical (unpaired) electrons. The molecule has 0 aliphatic carbocycles. The van der Waals surface area contributed by atoms with Crippen molar-refractivity contribution in [2.45, 2.75) is 18.3 Å². The Morgan fingerprint density at radius 1 is 1.08 bits per heavy atom. The molecule has 0 spiro atoms. The van der Waals surface area contributed by atoms with Gasteiger partial charge in [-0.05, 0) is 0 Å². The Kier molecular flexibility index (Phi) is 6.40. The summed E-state index contributed by atoms with van der Waals surface area (Å²) in [5, 5.41) is 0. The molecule has 13 heavy (non-hydrogen) atoms. The van der Waals surface area contributed by atoms with Gasteiger partial charge in [0.25, 0.3) is 0 Å². The van der Waals surface area contributed by atoms with Gasteiger partial charge in [-0.3, -0.25) is 0 Å². The van der Waals surface area contributed by atoms with Gasteiger partial charge in [-0.2, -0.15) is 0 Å². The van der Waals surface area contributed by atoms with Gasteiger partial charge in [-0.25, -0.2) is 0 Å². The molecule has 0 heterocycles. The van der Waals surface area contributed by atoms with Crippen molar-refractivity contribution in [1.82, 2.24) is 0 Å². The fourth-order valence-electron chi connectivity index (χ4n) is 1.09. The van der Waals surface area contributed by atoms with Crippen LogP contribution in [0.1, 0.15) is 0 Å². The monoisotopic (exact) mass is 188 g/mol. The lowest BCUT2D eigenvalue weighted by molar-refractivity contribution is -0.132. The first-order valence-corrected chi connectivity index (χ1v) is 3.91. The Bertz CT molecular complexity index is 142. The van der Waals surface area contributed by atoms with E-state index >= 15 is 0 Å². The van der Waals surface area contributed by atoms with E-state index in [2.05, 4.69) is 6.58 Å². The summed E-state index contributed by atoms with van der Waals surface area (Å²) in [6, 6.07) is 0. The van der Waals surface area contributed by atoms with Crippen molar-refractivity contribution >= 4 is 6.29 Å². The second kappa shape index (κ2) is 6.77. The van der Waals surface area contributed by atoms with Crippen LogP contribution in [0.15, 0.2) is 12.7 Å². The Morgan fingerprint density at radius 2 is 1.62 bits per heavy atom. The lowest BCUT2D eigenvalue weighted by Gasteiger charge is -2.25. The number of hydrogen-bond donors (Lipinski definition) is 0. The summed E-state index contributed by atoms with van der Waals surface area (Å²) in [5.41, 5.74) is 0. The van der Waals surface area contributed by atoms with E-state index in [0.29, 0.717) is 6.29 Å². The van der Waals surface area contributed by atoms with Gasteiger partial charge in [0.05, 0.1) is 0 Å². The summed E-state index contributed by atoms with van der Waals surface area (Å²) < 4.78 is 15.1. The van der Waals surface area contributed by atoms with Crippen LogP contribution in [0.2, 0.25) is 0 Å². The van der Waals surface area contributed by atoms with Crippen molar-refractivity contribution in [2.24, 2.45) is 0 Å². The average molecular weight is 188 g/mol. The fraction of sp³-hybridized carbons (Fsp3) is 0.667. The second-order valence-corrected chi connectivity index (χ2v) is 2.47. The Balaban J connectivity index is 4.43. The van der Waals surface area contributed by atoms with E-state index in [9.17, 15) is 4.79 Å².